The van der Waals surface area contributed by atoms with Gasteiger partial charge in [-0.3, -0.25) is 0 Å². The van der Waals surface area contributed by atoms with Crippen LogP contribution in [-0.2, 0) is 0 Å². The van der Waals surface area contributed by atoms with E-state index in [2.05, 4.69) is 15.9 Å². The lowest BCUT2D eigenvalue weighted by Gasteiger charge is -2.03. The van der Waals surface area contributed by atoms with E-state index in [9.17, 15) is 0 Å². The van der Waals surface area contributed by atoms with Crippen molar-refractivity contribution in [3.8, 4) is 10.4 Å². The zero-order valence-corrected chi connectivity index (χ0v) is 9.73. The molecule has 2 nitrogen and oxygen atoms in total. The predicted octanol–water partition coefficient (Wildman–Crippen LogP) is 3.34. The van der Waals surface area contributed by atoms with Crippen molar-refractivity contribution in [2.24, 2.45) is 0 Å². The number of anilines is 2. The highest BCUT2D eigenvalue weighted by Crippen LogP contribution is 2.35. The largest absolute Gasteiger partial charge is 0.397 e. The van der Waals surface area contributed by atoms with Crippen molar-refractivity contribution in [3.63, 3.8) is 0 Å². The second-order valence-corrected chi connectivity index (χ2v) is 4.71. The fraction of sp³-hybridized carbons (Fsp3) is 0. The lowest BCUT2D eigenvalue weighted by atomic mass is 10.1. The molecule has 2 rings (SSSR count). The maximum absolute atomic E-state index is 5.74. The zero-order chi connectivity index (χ0) is 10.1. The summed E-state index contributed by atoms with van der Waals surface area (Å²) in [6.07, 6.45) is 0. The molecule has 0 fully saturated rings. The van der Waals surface area contributed by atoms with Crippen LogP contribution in [0.15, 0.2) is 34.1 Å². The summed E-state index contributed by atoms with van der Waals surface area (Å²) >= 11 is 5.16. The number of nitrogens with two attached hydrogens (primary N) is 2. The van der Waals surface area contributed by atoms with E-state index in [1.54, 1.807) is 11.3 Å². The second kappa shape index (κ2) is 3.63. The van der Waals surface area contributed by atoms with Gasteiger partial charge in [0.1, 0.15) is 0 Å². The molecule has 0 saturated carbocycles. The summed E-state index contributed by atoms with van der Waals surface area (Å²) in [5, 5.41) is 2.03. The fourth-order valence-corrected chi connectivity index (χ4v) is 2.82. The minimum absolute atomic E-state index is 0.626. The normalized spacial score (nSPS) is 10.4. The molecule has 2 aromatic rings. The molecule has 14 heavy (non-hydrogen) atoms. The Bertz CT molecular complexity index is 465. The van der Waals surface area contributed by atoms with Crippen LogP contribution in [0, 0.1) is 0 Å². The lowest BCUT2D eigenvalue weighted by Crippen LogP contribution is -1.93. The third kappa shape index (κ3) is 1.63. The van der Waals surface area contributed by atoms with Gasteiger partial charge in [-0.05, 0) is 45.1 Å². The van der Waals surface area contributed by atoms with Crippen LogP contribution in [0.3, 0.4) is 0 Å². The molecule has 1 aromatic carbocycles. The SMILES string of the molecule is Nc1ccc(-c2sccc2Br)cc1N. The second-order valence-electron chi connectivity index (χ2n) is 2.94. The Labute approximate surface area is 94.7 Å². The van der Waals surface area contributed by atoms with Gasteiger partial charge in [-0.1, -0.05) is 6.07 Å². The quantitative estimate of drug-likeness (QED) is 0.780. The average Bonchev–Trinajstić information content (AvgIpc) is 2.57. The molecule has 1 heterocycles. The average molecular weight is 269 g/mol. The van der Waals surface area contributed by atoms with Crippen LogP contribution >= 0.6 is 27.3 Å². The molecule has 0 saturated heterocycles. The lowest BCUT2D eigenvalue weighted by molar-refractivity contribution is 1.65. The van der Waals surface area contributed by atoms with E-state index < -0.39 is 0 Å². The Kier molecular flexibility index (Phi) is 2.48. The van der Waals surface area contributed by atoms with Crippen LogP contribution in [-0.4, -0.2) is 0 Å². The number of hydrogen-bond acceptors (Lipinski definition) is 3. The number of nitrogen functional groups attached to an aromatic ring is 2. The summed E-state index contributed by atoms with van der Waals surface area (Å²) in [6, 6.07) is 7.72. The zero-order valence-electron chi connectivity index (χ0n) is 7.33. The topological polar surface area (TPSA) is 52.0 Å². The molecule has 0 bridgehead atoms. The minimum atomic E-state index is 0.626. The number of benzene rings is 1. The molecule has 0 aliphatic rings. The van der Waals surface area contributed by atoms with Crippen LogP contribution in [0.2, 0.25) is 0 Å². The van der Waals surface area contributed by atoms with E-state index in [0.717, 1.165) is 10.0 Å². The van der Waals surface area contributed by atoms with Crippen molar-refractivity contribution in [1.29, 1.82) is 0 Å². The molecule has 0 unspecified atom stereocenters. The monoisotopic (exact) mass is 268 g/mol. The van der Waals surface area contributed by atoms with Crippen LogP contribution in [0.25, 0.3) is 10.4 Å². The maximum atomic E-state index is 5.74. The molecular formula is C10H9BrN2S. The number of halogens is 1. The van der Waals surface area contributed by atoms with E-state index >= 15 is 0 Å². The Hall–Kier alpha value is -1.00. The minimum Gasteiger partial charge on any atom is -0.397 e. The van der Waals surface area contributed by atoms with Gasteiger partial charge < -0.3 is 11.5 Å². The standard InChI is InChI=1S/C10H9BrN2S/c11-7-3-4-14-10(7)6-1-2-8(12)9(13)5-6/h1-5H,12-13H2. The highest BCUT2D eigenvalue weighted by atomic mass is 79.9. The van der Waals surface area contributed by atoms with Crippen molar-refractivity contribution in [2.45, 2.75) is 0 Å². The van der Waals surface area contributed by atoms with E-state index in [1.165, 1.54) is 4.88 Å². The van der Waals surface area contributed by atoms with Gasteiger partial charge in [0.2, 0.25) is 0 Å². The first-order chi connectivity index (χ1) is 6.68. The van der Waals surface area contributed by atoms with Gasteiger partial charge in [0, 0.05) is 9.35 Å². The fourth-order valence-electron chi connectivity index (χ4n) is 1.22. The molecule has 4 N–H and O–H groups in total. The molecule has 0 aliphatic heterocycles. The molecule has 0 aliphatic carbocycles. The van der Waals surface area contributed by atoms with Gasteiger partial charge >= 0.3 is 0 Å². The summed E-state index contributed by atoms with van der Waals surface area (Å²) in [5.74, 6) is 0. The third-order valence-electron chi connectivity index (χ3n) is 1.97. The maximum Gasteiger partial charge on any atom is 0.0554 e. The van der Waals surface area contributed by atoms with E-state index in [1.807, 2.05) is 29.6 Å². The molecule has 0 spiro atoms. The highest BCUT2D eigenvalue weighted by Gasteiger charge is 2.05. The predicted molar refractivity (Wildman–Crippen MR) is 66.3 cm³/mol. The number of rotatable bonds is 1. The Balaban J connectivity index is 2.53. The van der Waals surface area contributed by atoms with Gasteiger partial charge in [-0.15, -0.1) is 11.3 Å². The van der Waals surface area contributed by atoms with Crippen molar-refractivity contribution in [2.75, 3.05) is 11.5 Å². The first-order valence-electron chi connectivity index (χ1n) is 4.07. The van der Waals surface area contributed by atoms with E-state index in [4.69, 9.17) is 11.5 Å². The molecule has 0 atom stereocenters. The molecule has 0 amide bonds. The number of thiophene rings is 1. The van der Waals surface area contributed by atoms with Gasteiger partial charge in [0.05, 0.1) is 11.4 Å². The van der Waals surface area contributed by atoms with Crippen molar-refractivity contribution in [1.82, 2.24) is 0 Å². The van der Waals surface area contributed by atoms with Gasteiger partial charge in [0.15, 0.2) is 0 Å². The van der Waals surface area contributed by atoms with Crippen molar-refractivity contribution >= 4 is 38.6 Å². The first-order valence-corrected chi connectivity index (χ1v) is 5.74. The summed E-state index contributed by atoms with van der Waals surface area (Å²) < 4.78 is 1.09. The molecule has 0 radical (unpaired) electrons. The molecule has 72 valence electrons. The molecular weight excluding hydrogens is 260 g/mol. The Morgan fingerprint density at radius 1 is 1.07 bits per heavy atom. The van der Waals surface area contributed by atoms with Crippen molar-refractivity contribution in [3.05, 3.63) is 34.1 Å². The van der Waals surface area contributed by atoms with Crippen LogP contribution in [0.1, 0.15) is 0 Å². The number of hydrogen-bond donors (Lipinski definition) is 2. The van der Waals surface area contributed by atoms with E-state index in [-0.39, 0.29) is 0 Å². The third-order valence-corrected chi connectivity index (χ3v) is 3.85. The first kappa shape index (κ1) is 9.55. The van der Waals surface area contributed by atoms with Gasteiger partial charge in [0.25, 0.3) is 0 Å². The summed E-state index contributed by atoms with van der Waals surface area (Å²) in [4.78, 5) is 1.18. The Morgan fingerprint density at radius 2 is 1.86 bits per heavy atom. The summed E-state index contributed by atoms with van der Waals surface area (Å²) in [6.45, 7) is 0. The van der Waals surface area contributed by atoms with Gasteiger partial charge in [-0.25, -0.2) is 0 Å². The smallest absolute Gasteiger partial charge is 0.0554 e. The summed E-state index contributed by atoms with van der Waals surface area (Å²) in [7, 11) is 0. The van der Waals surface area contributed by atoms with Crippen LogP contribution in [0.5, 0.6) is 0 Å². The molecule has 4 heteroatoms. The van der Waals surface area contributed by atoms with Crippen molar-refractivity contribution < 1.29 is 0 Å². The Morgan fingerprint density at radius 3 is 2.43 bits per heavy atom. The van der Waals surface area contributed by atoms with Crippen LogP contribution < -0.4 is 11.5 Å². The van der Waals surface area contributed by atoms with E-state index in [0.29, 0.717) is 11.4 Å². The molecule has 1 aromatic heterocycles. The summed E-state index contributed by atoms with van der Waals surface area (Å²) in [5.41, 5.74) is 13.7. The van der Waals surface area contributed by atoms with Gasteiger partial charge in [-0.2, -0.15) is 0 Å². The van der Waals surface area contributed by atoms with Crippen LogP contribution in [0.4, 0.5) is 11.4 Å². The highest BCUT2D eigenvalue weighted by molar-refractivity contribution is 9.10.